The zero-order valence-corrected chi connectivity index (χ0v) is 12.9. The molecule has 0 aromatic carbocycles. The first-order valence-corrected chi connectivity index (χ1v) is 7.99. The van der Waals surface area contributed by atoms with Gasteiger partial charge in [0.15, 0.2) is 5.69 Å². The van der Waals surface area contributed by atoms with Gasteiger partial charge >= 0.3 is 6.18 Å². The van der Waals surface area contributed by atoms with Gasteiger partial charge in [0.1, 0.15) is 11.9 Å². The molecule has 0 N–H and O–H groups in total. The second-order valence-electron chi connectivity index (χ2n) is 5.37. The lowest BCUT2D eigenvalue weighted by Crippen LogP contribution is -2.34. The Kier molecular flexibility index (Phi) is 4.22. The summed E-state index contributed by atoms with van der Waals surface area (Å²) in [6, 6.07) is 5.47. The molecule has 23 heavy (non-hydrogen) atoms. The quantitative estimate of drug-likeness (QED) is 0.835. The standard InChI is InChI=1S/C15H13F3N4S/c16-15(17,18)12-9-23-14(21-12)11-2-1-5-22(8-11)13-4-3-10(6-19)7-20-13/h3-4,7,9,11H,1-2,5,8H2. The lowest BCUT2D eigenvalue weighted by Gasteiger charge is -2.32. The van der Waals surface area contributed by atoms with Crippen LogP contribution in [0.5, 0.6) is 0 Å². The van der Waals surface area contributed by atoms with E-state index < -0.39 is 11.9 Å². The molecule has 3 heterocycles. The molecule has 0 aliphatic carbocycles. The topological polar surface area (TPSA) is 52.8 Å². The van der Waals surface area contributed by atoms with Crippen LogP contribution in [0.2, 0.25) is 0 Å². The van der Waals surface area contributed by atoms with Crippen LogP contribution >= 0.6 is 11.3 Å². The van der Waals surface area contributed by atoms with E-state index in [1.807, 2.05) is 11.0 Å². The van der Waals surface area contributed by atoms with Crippen LogP contribution in [-0.4, -0.2) is 23.1 Å². The third-order valence-corrected chi connectivity index (χ3v) is 4.79. The number of piperidine rings is 1. The molecule has 1 aliphatic rings. The van der Waals surface area contributed by atoms with Crippen molar-refractivity contribution in [2.45, 2.75) is 24.9 Å². The number of aromatic nitrogens is 2. The monoisotopic (exact) mass is 338 g/mol. The Balaban J connectivity index is 1.75. The highest BCUT2D eigenvalue weighted by atomic mass is 32.1. The molecular formula is C15H13F3N4S. The fourth-order valence-corrected chi connectivity index (χ4v) is 3.59. The highest BCUT2D eigenvalue weighted by Gasteiger charge is 2.35. The molecule has 1 atom stereocenters. The van der Waals surface area contributed by atoms with Gasteiger partial charge in [-0.15, -0.1) is 11.3 Å². The number of pyridine rings is 1. The maximum atomic E-state index is 12.7. The summed E-state index contributed by atoms with van der Waals surface area (Å²) in [5.74, 6) is 0.712. The van der Waals surface area contributed by atoms with E-state index in [1.54, 1.807) is 12.1 Å². The average Bonchev–Trinajstić information content (AvgIpc) is 3.05. The summed E-state index contributed by atoms with van der Waals surface area (Å²) in [6.07, 6.45) is -1.20. The number of rotatable bonds is 2. The molecule has 3 rings (SSSR count). The first-order chi connectivity index (χ1) is 11.0. The van der Waals surface area contributed by atoms with E-state index in [0.717, 1.165) is 41.9 Å². The predicted octanol–water partition coefficient (Wildman–Crippen LogP) is 3.81. The Morgan fingerprint density at radius 1 is 1.35 bits per heavy atom. The summed E-state index contributed by atoms with van der Waals surface area (Å²) >= 11 is 1.06. The van der Waals surface area contributed by atoms with E-state index in [9.17, 15) is 13.2 Å². The van der Waals surface area contributed by atoms with E-state index in [1.165, 1.54) is 6.20 Å². The summed E-state index contributed by atoms with van der Waals surface area (Å²) in [5, 5.41) is 10.4. The first kappa shape index (κ1) is 15.7. The summed E-state index contributed by atoms with van der Waals surface area (Å²) < 4.78 is 38.0. The molecule has 2 aromatic heterocycles. The van der Waals surface area contributed by atoms with Gasteiger partial charge in [0.05, 0.1) is 10.6 Å². The van der Waals surface area contributed by atoms with E-state index >= 15 is 0 Å². The number of halogens is 3. The Morgan fingerprint density at radius 2 is 2.17 bits per heavy atom. The van der Waals surface area contributed by atoms with Crippen LogP contribution in [-0.2, 0) is 6.18 Å². The second kappa shape index (κ2) is 6.16. The number of nitriles is 1. The second-order valence-corrected chi connectivity index (χ2v) is 6.26. The van der Waals surface area contributed by atoms with Gasteiger partial charge in [-0.05, 0) is 25.0 Å². The summed E-state index contributed by atoms with van der Waals surface area (Å²) in [4.78, 5) is 10.0. The Morgan fingerprint density at radius 3 is 2.78 bits per heavy atom. The molecule has 1 unspecified atom stereocenters. The molecule has 1 fully saturated rings. The van der Waals surface area contributed by atoms with Crippen molar-refractivity contribution in [1.29, 1.82) is 5.26 Å². The lowest BCUT2D eigenvalue weighted by atomic mass is 9.98. The van der Waals surface area contributed by atoms with Gasteiger partial charge in [0.25, 0.3) is 0 Å². The molecule has 1 saturated heterocycles. The van der Waals surface area contributed by atoms with Gasteiger partial charge < -0.3 is 4.90 Å². The van der Waals surface area contributed by atoms with Crippen molar-refractivity contribution in [3.8, 4) is 6.07 Å². The Bertz CT molecular complexity index is 718. The van der Waals surface area contributed by atoms with E-state index in [4.69, 9.17) is 5.26 Å². The molecule has 0 amide bonds. The van der Waals surface area contributed by atoms with Crippen molar-refractivity contribution in [3.63, 3.8) is 0 Å². The number of hydrogen-bond acceptors (Lipinski definition) is 5. The SMILES string of the molecule is N#Cc1ccc(N2CCCC(c3nc(C(F)(F)F)cs3)C2)nc1. The fourth-order valence-electron chi connectivity index (χ4n) is 2.63. The number of nitrogens with zero attached hydrogens (tertiary/aromatic N) is 4. The normalized spacial score (nSPS) is 18.7. The van der Waals surface area contributed by atoms with E-state index in [-0.39, 0.29) is 5.92 Å². The maximum Gasteiger partial charge on any atom is 0.434 e. The molecule has 0 radical (unpaired) electrons. The molecule has 0 spiro atoms. The third kappa shape index (κ3) is 3.45. The van der Waals surface area contributed by atoms with Crippen LogP contribution < -0.4 is 4.90 Å². The zero-order valence-electron chi connectivity index (χ0n) is 12.0. The number of anilines is 1. The largest absolute Gasteiger partial charge is 0.434 e. The lowest BCUT2D eigenvalue weighted by molar-refractivity contribution is -0.140. The summed E-state index contributed by atoms with van der Waals surface area (Å²) in [5.41, 5.74) is -0.330. The van der Waals surface area contributed by atoms with Crippen molar-refractivity contribution < 1.29 is 13.2 Å². The van der Waals surface area contributed by atoms with Crippen molar-refractivity contribution in [1.82, 2.24) is 9.97 Å². The zero-order chi connectivity index (χ0) is 16.4. The van der Waals surface area contributed by atoms with Gasteiger partial charge in [0.2, 0.25) is 0 Å². The minimum absolute atomic E-state index is 0.0257. The van der Waals surface area contributed by atoms with Gasteiger partial charge in [-0.25, -0.2) is 9.97 Å². The van der Waals surface area contributed by atoms with Crippen LogP contribution in [0, 0.1) is 11.3 Å². The number of alkyl halides is 3. The number of hydrogen-bond donors (Lipinski definition) is 0. The molecule has 0 saturated carbocycles. The Hall–Kier alpha value is -2.14. The maximum absolute atomic E-state index is 12.7. The highest BCUT2D eigenvalue weighted by Crippen LogP contribution is 2.35. The van der Waals surface area contributed by atoms with E-state index in [0.29, 0.717) is 17.1 Å². The third-order valence-electron chi connectivity index (χ3n) is 3.78. The molecule has 120 valence electrons. The van der Waals surface area contributed by atoms with Gasteiger partial charge in [0, 0.05) is 30.6 Å². The molecule has 0 bridgehead atoms. The first-order valence-electron chi connectivity index (χ1n) is 7.11. The minimum Gasteiger partial charge on any atom is -0.356 e. The predicted molar refractivity (Wildman–Crippen MR) is 80.3 cm³/mol. The van der Waals surface area contributed by atoms with Crippen molar-refractivity contribution in [2.75, 3.05) is 18.0 Å². The smallest absolute Gasteiger partial charge is 0.356 e. The van der Waals surface area contributed by atoms with Crippen LogP contribution in [0.3, 0.4) is 0 Å². The molecule has 4 nitrogen and oxygen atoms in total. The summed E-state index contributed by atoms with van der Waals surface area (Å²) in [6.45, 7) is 1.39. The van der Waals surface area contributed by atoms with Crippen molar-refractivity contribution in [2.24, 2.45) is 0 Å². The van der Waals surface area contributed by atoms with Gasteiger partial charge in [-0.2, -0.15) is 18.4 Å². The number of thiazole rings is 1. The van der Waals surface area contributed by atoms with E-state index in [2.05, 4.69) is 9.97 Å². The molecule has 2 aromatic rings. The van der Waals surface area contributed by atoms with Crippen LogP contribution in [0.25, 0.3) is 0 Å². The van der Waals surface area contributed by atoms with Crippen molar-refractivity contribution >= 4 is 17.2 Å². The van der Waals surface area contributed by atoms with Crippen LogP contribution in [0.4, 0.5) is 19.0 Å². The minimum atomic E-state index is -4.39. The van der Waals surface area contributed by atoms with Crippen LogP contribution in [0.1, 0.15) is 35.0 Å². The molecule has 8 heteroatoms. The fraction of sp³-hybridized carbons (Fsp3) is 0.400. The van der Waals surface area contributed by atoms with Crippen molar-refractivity contribution in [3.05, 3.63) is 40.0 Å². The average molecular weight is 338 g/mol. The highest BCUT2D eigenvalue weighted by molar-refractivity contribution is 7.09. The molecule has 1 aliphatic heterocycles. The Labute approximate surface area is 135 Å². The van der Waals surface area contributed by atoms with Gasteiger partial charge in [-0.3, -0.25) is 0 Å². The van der Waals surface area contributed by atoms with Gasteiger partial charge in [-0.1, -0.05) is 0 Å². The summed E-state index contributed by atoms with van der Waals surface area (Å²) in [7, 11) is 0. The molecular weight excluding hydrogens is 325 g/mol. The van der Waals surface area contributed by atoms with Crippen LogP contribution in [0.15, 0.2) is 23.7 Å².